The fourth-order valence-electron chi connectivity index (χ4n) is 1.39. The van der Waals surface area contributed by atoms with Gasteiger partial charge < -0.3 is 10.2 Å². The molecule has 3 heterocycles. The standard InChI is InChI=1S/C10H8N2OS2/c11-4-6-5-13-10(12-6)9-3-8-7(15-9)1-2-14-8/h1-3,5H,4,11H2. The van der Waals surface area contributed by atoms with Crippen LogP contribution in [0.25, 0.3) is 20.2 Å². The maximum atomic E-state index is 5.48. The summed E-state index contributed by atoms with van der Waals surface area (Å²) in [5, 5.41) is 2.09. The quantitative estimate of drug-likeness (QED) is 0.744. The number of hydrogen-bond donors (Lipinski definition) is 1. The largest absolute Gasteiger partial charge is 0.444 e. The van der Waals surface area contributed by atoms with Gasteiger partial charge in [0.2, 0.25) is 5.89 Å². The Labute approximate surface area is 94.2 Å². The summed E-state index contributed by atoms with van der Waals surface area (Å²) in [6, 6.07) is 4.22. The topological polar surface area (TPSA) is 52.0 Å². The number of aromatic nitrogens is 1. The summed E-state index contributed by atoms with van der Waals surface area (Å²) in [5.41, 5.74) is 6.27. The molecule has 0 aliphatic heterocycles. The molecule has 0 spiro atoms. The van der Waals surface area contributed by atoms with Crippen molar-refractivity contribution in [3.63, 3.8) is 0 Å². The van der Waals surface area contributed by atoms with Gasteiger partial charge in [-0.05, 0) is 17.5 Å². The third-order valence-electron chi connectivity index (χ3n) is 2.11. The van der Waals surface area contributed by atoms with Gasteiger partial charge in [-0.25, -0.2) is 4.98 Å². The zero-order valence-corrected chi connectivity index (χ0v) is 9.40. The molecular formula is C10H8N2OS2. The maximum absolute atomic E-state index is 5.48. The monoisotopic (exact) mass is 236 g/mol. The molecule has 0 saturated carbocycles. The van der Waals surface area contributed by atoms with Crippen molar-refractivity contribution in [2.45, 2.75) is 6.54 Å². The summed E-state index contributed by atoms with van der Waals surface area (Å²) in [4.78, 5) is 5.36. The van der Waals surface area contributed by atoms with Crippen molar-refractivity contribution < 1.29 is 4.42 Å². The molecule has 76 valence electrons. The molecule has 0 bridgehead atoms. The Hall–Kier alpha value is -1.17. The second-order valence-electron chi connectivity index (χ2n) is 3.11. The molecule has 3 nitrogen and oxygen atoms in total. The zero-order chi connectivity index (χ0) is 10.3. The highest BCUT2D eigenvalue weighted by atomic mass is 32.1. The first-order valence-electron chi connectivity index (χ1n) is 4.48. The summed E-state index contributed by atoms with van der Waals surface area (Å²) in [6.45, 7) is 0.420. The third-order valence-corrected chi connectivity index (χ3v) is 4.19. The molecule has 0 aliphatic carbocycles. The summed E-state index contributed by atoms with van der Waals surface area (Å²) in [6.07, 6.45) is 1.61. The lowest BCUT2D eigenvalue weighted by molar-refractivity contribution is 0.574. The SMILES string of the molecule is NCc1coc(-c2cc3sccc3s2)n1. The van der Waals surface area contributed by atoms with Gasteiger partial charge in [0.1, 0.15) is 6.26 Å². The Balaban J connectivity index is 2.09. The van der Waals surface area contributed by atoms with E-state index in [4.69, 9.17) is 10.2 Å². The van der Waals surface area contributed by atoms with Crippen LogP contribution in [0, 0.1) is 0 Å². The van der Waals surface area contributed by atoms with E-state index in [-0.39, 0.29) is 0 Å². The number of hydrogen-bond acceptors (Lipinski definition) is 5. The average molecular weight is 236 g/mol. The molecule has 0 aromatic carbocycles. The van der Waals surface area contributed by atoms with Crippen LogP contribution < -0.4 is 5.73 Å². The first kappa shape index (κ1) is 9.08. The van der Waals surface area contributed by atoms with Gasteiger partial charge >= 0.3 is 0 Å². The fourth-order valence-corrected chi connectivity index (χ4v) is 3.43. The van der Waals surface area contributed by atoms with Gasteiger partial charge in [-0.2, -0.15) is 0 Å². The lowest BCUT2D eigenvalue weighted by Gasteiger charge is -1.85. The smallest absolute Gasteiger partial charge is 0.236 e. The molecule has 0 saturated heterocycles. The lowest BCUT2D eigenvalue weighted by Crippen LogP contribution is -1.95. The van der Waals surface area contributed by atoms with Gasteiger partial charge in [0.25, 0.3) is 0 Å². The Morgan fingerprint density at radius 2 is 2.33 bits per heavy atom. The third kappa shape index (κ3) is 1.49. The van der Waals surface area contributed by atoms with E-state index < -0.39 is 0 Å². The van der Waals surface area contributed by atoms with Gasteiger partial charge in [-0.15, -0.1) is 22.7 Å². The summed E-state index contributed by atoms with van der Waals surface area (Å²) in [5.74, 6) is 0.670. The number of thiophene rings is 2. The van der Waals surface area contributed by atoms with Crippen LogP contribution in [0.5, 0.6) is 0 Å². The molecule has 0 aliphatic rings. The van der Waals surface area contributed by atoms with Crippen molar-refractivity contribution in [2.24, 2.45) is 5.73 Å². The molecule has 0 atom stereocenters. The molecule has 0 amide bonds. The van der Waals surface area contributed by atoms with Crippen LogP contribution >= 0.6 is 22.7 Å². The summed E-state index contributed by atoms with van der Waals surface area (Å²) in [7, 11) is 0. The number of rotatable bonds is 2. The van der Waals surface area contributed by atoms with E-state index in [2.05, 4.69) is 22.5 Å². The number of nitrogens with two attached hydrogens (primary N) is 1. The van der Waals surface area contributed by atoms with Crippen molar-refractivity contribution in [1.29, 1.82) is 0 Å². The van der Waals surface area contributed by atoms with Crippen LogP contribution in [0.1, 0.15) is 5.69 Å². The van der Waals surface area contributed by atoms with E-state index in [1.807, 2.05) is 0 Å². The molecule has 0 fully saturated rings. The van der Waals surface area contributed by atoms with Crippen molar-refractivity contribution in [1.82, 2.24) is 4.98 Å². The second kappa shape index (κ2) is 3.44. The normalized spacial score (nSPS) is 11.3. The van der Waals surface area contributed by atoms with Gasteiger partial charge in [0.15, 0.2) is 0 Å². The number of oxazole rings is 1. The molecule has 3 rings (SSSR count). The lowest BCUT2D eigenvalue weighted by atomic mass is 10.4. The highest BCUT2D eigenvalue weighted by molar-refractivity contribution is 7.28. The Morgan fingerprint density at radius 1 is 1.40 bits per heavy atom. The molecular weight excluding hydrogens is 228 g/mol. The molecule has 0 unspecified atom stereocenters. The van der Waals surface area contributed by atoms with Gasteiger partial charge in [-0.3, -0.25) is 0 Å². The summed E-state index contributed by atoms with van der Waals surface area (Å²) < 4.78 is 7.92. The molecule has 3 aromatic heterocycles. The molecule has 3 aromatic rings. The zero-order valence-electron chi connectivity index (χ0n) is 7.77. The second-order valence-corrected chi connectivity index (χ2v) is 5.14. The minimum absolute atomic E-state index is 0.420. The Kier molecular flexibility index (Phi) is 2.09. The molecule has 2 N–H and O–H groups in total. The van der Waals surface area contributed by atoms with Gasteiger partial charge in [0.05, 0.1) is 10.6 Å². The Bertz CT molecular complexity index is 565. The van der Waals surface area contributed by atoms with E-state index in [9.17, 15) is 0 Å². The van der Waals surface area contributed by atoms with Crippen LogP contribution in [-0.2, 0) is 6.54 Å². The predicted octanol–water partition coefficient (Wildman–Crippen LogP) is 3.08. The van der Waals surface area contributed by atoms with Crippen LogP contribution in [0.2, 0.25) is 0 Å². The molecule has 0 radical (unpaired) electrons. The van der Waals surface area contributed by atoms with Crippen molar-refractivity contribution in [2.75, 3.05) is 0 Å². The molecule has 5 heteroatoms. The Morgan fingerprint density at radius 3 is 3.07 bits per heavy atom. The predicted molar refractivity (Wildman–Crippen MR) is 63.1 cm³/mol. The average Bonchev–Trinajstić information content (AvgIpc) is 2.91. The first-order valence-corrected chi connectivity index (χ1v) is 6.18. The van der Waals surface area contributed by atoms with E-state index >= 15 is 0 Å². The van der Waals surface area contributed by atoms with Gasteiger partial charge in [-0.1, -0.05) is 0 Å². The minimum atomic E-state index is 0.420. The van der Waals surface area contributed by atoms with Gasteiger partial charge in [0, 0.05) is 15.9 Å². The van der Waals surface area contributed by atoms with Crippen LogP contribution in [0.3, 0.4) is 0 Å². The van der Waals surface area contributed by atoms with Crippen molar-refractivity contribution in [3.05, 3.63) is 29.5 Å². The van der Waals surface area contributed by atoms with Crippen LogP contribution in [-0.4, -0.2) is 4.98 Å². The first-order chi connectivity index (χ1) is 7.36. The summed E-state index contributed by atoms with van der Waals surface area (Å²) >= 11 is 3.43. The van der Waals surface area contributed by atoms with Crippen molar-refractivity contribution in [3.8, 4) is 10.8 Å². The highest BCUT2D eigenvalue weighted by Crippen LogP contribution is 2.35. The van der Waals surface area contributed by atoms with Crippen LogP contribution in [0.4, 0.5) is 0 Å². The van der Waals surface area contributed by atoms with Crippen LogP contribution in [0.15, 0.2) is 28.2 Å². The molecule has 15 heavy (non-hydrogen) atoms. The van der Waals surface area contributed by atoms with E-state index in [0.29, 0.717) is 12.4 Å². The maximum Gasteiger partial charge on any atom is 0.236 e. The fraction of sp³-hybridized carbons (Fsp3) is 0.100. The van der Waals surface area contributed by atoms with E-state index in [1.54, 1.807) is 28.9 Å². The van der Waals surface area contributed by atoms with Crippen molar-refractivity contribution >= 4 is 32.1 Å². The number of fused-ring (bicyclic) bond motifs is 1. The highest BCUT2D eigenvalue weighted by Gasteiger charge is 2.10. The number of nitrogens with zero attached hydrogens (tertiary/aromatic N) is 1. The van der Waals surface area contributed by atoms with E-state index in [0.717, 1.165) is 10.6 Å². The minimum Gasteiger partial charge on any atom is -0.444 e. The van der Waals surface area contributed by atoms with E-state index in [1.165, 1.54) is 9.40 Å².